The Hall–Kier alpha value is -1.52. The maximum atomic E-state index is 12.0. The highest BCUT2D eigenvalue weighted by Gasteiger charge is 2.20. The molecule has 0 atom stereocenters. The van der Waals surface area contributed by atoms with Gasteiger partial charge in [-0.25, -0.2) is 0 Å². The number of benzene rings is 1. The fourth-order valence-corrected chi connectivity index (χ4v) is 2.38. The lowest BCUT2D eigenvalue weighted by atomic mass is 10.2. The first kappa shape index (κ1) is 14.9. The van der Waals surface area contributed by atoms with E-state index in [1.165, 1.54) is 0 Å². The predicted octanol–water partition coefficient (Wildman–Crippen LogP) is 1.76. The van der Waals surface area contributed by atoms with Crippen molar-refractivity contribution in [2.24, 2.45) is 0 Å². The molecule has 1 aromatic carbocycles. The lowest BCUT2D eigenvalue weighted by molar-refractivity contribution is -0.130. The molecular formula is C15H20ClN3O. The fourth-order valence-electron chi connectivity index (χ4n) is 2.26. The van der Waals surface area contributed by atoms with Crippen LogP contribution in [0.2, 0.25) is 5.02 Å². The van der Waals surface area contributed by atoms with Gasteiger partial charge in [-0.15, -0.1) is 6.58 Å². The van der Waals surface area contributed by atoms with Crippen LogP contribution < -0.4 is 10.2 Å². The predicted molar refractivity (Wildman–Crippen MR) is 83.3 cm³/mol. The molecule has 1 heterocycles. The van der Waals surface area contributed by atoms with Crippen LogP contribution in [-0.4, -0.2) is 50.1 Å². The largest absolute Gasteiger partial charge is 0.368 e. The van der Waals surface area contributed by atoms with Crippen molar-refractivity contribution in [3.8, 4) is 0 Å². The molecule has 0 spiro atoms. The van der Waals surface area contributed by atoms with Crippen LogP contribution in [0, 0.1) is 0 Å². The lowest BCUT2D eigenvalue weighted by Gasteiger charge is -2.36. The van der Waals surface area contributed by atoms with E-state index in [-0.39, 0.29) is 5.91 Å². The number of anilines is 1. The first-order valence-electron chi connectivity index (χ1n) is 6.80. The number of amides is 1. The minimum Gasteiger partial charge on any atom is -0.368 e. The summed E-state index contributed by atoms with van der Waals surface area (Å²) < 4.78 is 0. The summed E-state index contributed by atoms with van der Waals surface area (Å²) in [6, 6.07) is 7.83. The number of halogens is 1. The van der Waals surface area contributed by atoms with E-state index in [9.17, 15) is 4.79 Å². The van der Waals surface area contributed by atoms with Gasteiger partial charge in [0.1, 0.15) is 0 Å². The minimum atomic E-state index is 0.155. The van der Waals surface area contributed by atoms with Crippen molar-refractivity contribution < 1.29 is 4.79 Å². The van der Waals surface area contributed by atoms with Gasteiger partial charge in [0.25, 0.3) is 0 Å². The van der Waals surface area contributed by atoms with Crippen LogP contribution in [0.5, 0.6) is 0 Å². The molecular weight excluding hydrogens is 274 g/mol. The van der Waals surface area contributed by atoms with Gasteiger partial charge in [0.05, 0.1) is 6.54 Å². The van der Waals surface area contributed by atoms with Crippen LogP contribution >= 0.6 is 11.6 Å². The number of hydrogen-bond acceptors (Lipinski definition) is 3. The van der Waals surface area contributed by atoms with Gasteiger partial charge in [0.15, 0.2) is 0 Å². The molecule has 1 aliphatic heterocycles. The molecule has 1 fully saturated rings. The second-order valence-corrected chi connectivity index (χ2v) is 5.20. The summed E-state index contributed by atoms with van der Waals surface area (Å²) in [5.41, 5.74) is 1.16. The Morgan fingerprint density at radius 3 is 2.50 bits per heavy atom. The molecule has 0 aromatic heterocycles. The third-order valence-electron chi connectivity index (χ3n) is 3.39. The Bertz CT molecular complexity index is 453. The zero-order chi connectivity index (χ0) is 14.4. The molecule has 4 nitrogen and oxygen atoms in total. The monoisotopic (exact) mass is 293 g/mol. The number of piperazine rings is 1. The van der Waals surface area contributed by atoms with Crippen LogP contribution in [0.25, 0.3) is 0 Å². The Morgan fingerprint density at radius 2 is 1.90 bits per heavy atom. The molecule has 0 bridgehead atoms. The molecule has 108 valence electrons. The summed E-state index contributed by atoms with van der Waals surface area (Å²) in [7, 11) is 0. The van der Waals surface area contributed by atoms with Gasteiger partial charge in [-0.2, -0.15) is 0 Å². The second kappa shape index (κ2) is 7.31. The molecule has 0 unspecified atom stereocenters. The standard InChI is InChI=1S/C15H20ClN3O/c1-2-7-17-12-15(20)19-10-8-18(9-11-19)14-5-3-13(16)4-6-14/h2-6,17H,1,7-12H2. The van der Waals surface area contributed by atoms with Gasteiger partial charge in [0, 0.05) is 43.4 Å². The molecule has 1 aliphatic rings. The molecule has 1 amide bonds. The van der Waals surface area contributed by atoms with Crippen molar-refractivity contribution in [1.82, 2.24) is 10.2 Å². The van der Waals surface area contributed by atoms with Crippen molar-refractivity contribution >= 4 is 23.2 Å². The summed E-state index contributed by atoms with van der Waals surface area (Å²) in [6.45, 7) is 7.90. The molecule has 0 aliphatic carbocycles. The van der Waals surface area contributed by atoms with Gasteiger partial charge >= 0.3 is 0 Å². The zero-order valence-electron chi connectivity index (χ0n) is 11.5. The van der Waals surface area contributed by atoms with Gasteiger partial charge < -0.3 is 15.1 Å². The first-order chi connectivity index (χ1) is 9.70. The molecule has 0 saturated carbocycles. The Labute approximate surface area is 125 Å². The summed E-state index contributed by atoms with van der Waals surface area (Å²) in [5.74, 6) is 0.155. The maximum Gasteiger partial charge on any atom is 0.236 e. The average Bonchev–Trinajstić information content (AvgIpc) is 2.48. The molecule has 20 heavy (non-hydrogen) atoms. The molecule has 0 radical (unpaired) electrons. The minimum absolute atomic E-state index is 0.155. The Kier molecular flexibility index (Phi) is 5.44. The van der Waals surface area contributed by atoms with Gasteiger partial charge in [-0.05, 0) is 24.3 Å². The molecule has 1 saturated heterocycles. The topological polar surface area (TPSA) is 35.6 Å². The van der Waals surface area contributed by atoms with Crippen LogP contribution in [0.4, 0.5) is 5.69 Å². The third-order valence-corrected chi connectivity index (χ3v) is 3.64. The molecule has 2 rings (SSSR count). The maximum absolute atomic E-state index is 12.0. The van der Waals surface area contributed by atoms with Crippen LogP contribution in [0.1, 0.15) is 0 Å². The van der Waals surface area contributed by atoms with E-state index >= 15 is 0 Å². The molecule has 1 aromatic rings. The number of carbonyl (C=O) groups is 1. The van der Waals surface area contributed by atoms with Gasteiger partial charge in [-0.1, -0.05) is 17.7 Å². The highest BCUT2D eigenvalue weighted by atomic mass is 35.5. The zero-order valence-corrected chi connectivity index (χ0v) is 12.3. The number of carbonyl (C=O) groups excluding carboxylic acids is 1. The Morgan fingerprint density at radius 1 is 1.25 bits per heavy atom. The second-order valence-electron chi connectivity index (χ2n) is 4.76. The van der Waals surface area contributed by atoms with Crippen LogP contribution in [0.15, 0.2) is 36.9 Å². The number of nitrogens with zero attached hydrogens (tertiary/aromatic N) is 2. The van der Waals surface area contributed by atoms with E-state index in [1.54, 1.807) is 6.08 Å². The van der Waals surface area contributed by atoms with Crippen molar-refractivity contribution in [2.45, 2.75) is 0 Å². The highest BCUT2D eigenvalue weighted by Crippen LogP contribution is 2.19. The normalized spacial score (nSPS) is 15.2. The fraction of sp³-hybridized carbons (Fsp3) is 0.400. The third kappa shape index (κ3) is 3.99. The van der Waals surface area contributed by atoms with E-state index in [4.69, 9.17) is 11.6 Å². The van der Waals surface area contributed by atoms with E-state index in [1.807, 2.05) is 29.2 Å². The summed E-state index contributed by atoms with van der Waals surface area (Å²) in [6.07, 6.45) is 1.76. The van der Waals surface area contributed by atoms with Crippen molar-refractivity contribution in [3.63, 3.8) is 0 Å². The Balaban J connectivity index is 1.81. The average molecular weight is 294 g/mol. The summed E-state index contributed by atoms with van der Waals surface area (Å²) in [5, 5.41) is 3.79. The van der Waals surface area contributed by atoms with Crippen LogP contribution in [0.3, 0.4) is 0 Å². The van der Waals surface area contributed by atoms with Crippen LogP contribution in [-0.2, 0) is 4.79 Å². The van der Waals surface area contributed by atoms with Crippen molar-refractivity contribution in [3.05, 3.63) is 41.9 Å². The van der Waals surface area contributed by atoms with E-state index in [0.29, 0.717) is 13.1 Å². The van der Waals surface area contributed by atoms with Crippen molar-refractivity contribution in [2.75, 3.05) is 44.2 Å². The summed E-state index contributed by atoms with van der Waals surface area (Å²) in [4.78, 5) is 16.1. The van der Waals surface area contributed by atoms with E-state index in [2.05, 4.69) is 16.8 Å². The van der Waals surface area contributed by atoms with Gasteiger partial charge in [-0.3, -0.25) is 4.79 Å². The SMILES string of the molecule is C=CCNCC(=O)N1CCN(c2ccc(Cl)cc2)CC1. The number of nitrogens with one attached hydrogen (secondary N) is 1. The lowest BCUT2D eigenvalue weighted by Crippen LogP contribution is -2.50. The smallest absolute Gasteiger partial charge is 0.236 e. The van der Waals surface area contributed by atoms with E-state index in [0.717, 1.165) is 36.9 Å². The highest BCUT2D eigenvalue weighted by molar-refractivity contribution is 6.30. The molecule has 5 heteroatoms. The number of rotatable bonds is 5. The van der Waals surface area contributed by atoms with Crippen molar-refractivity contribution in [1.29, 1.82) is 0 Å². The quantitative estimate of drug-likeness (QED) is 0.664. The van der Waals surface area contributed by atoms with Gasteiger partial charge in [0.2, 0.25) is 5.91 Å². The summed E-state index contributed by atoms with van der Waals surface area (Å²) >= 11 is 5.89. The first-order valence-corrected chi connectivity index (χ1v) is 7.18. The van der Waals surface area contributed by atoms with E-state index < -0.39 is 0 Å². The number of hydrogen-bond donors (Lipinski definition) is 1. The molecule has 1 N–H and O–H groups in total.